The summed E-state index contributed by atoms with van der Waals surface area (Å²) in [4.78, 5) is 3.72. The number of methoxy groups -OCH3 is 1. The molecular weight excluding hydrogens is 138 g/mol. The van der Waals surface area contributed by atoms with Gasteiger partial charge in [0, 0.05) is 7.05 Å². The van der Waals surface area contributed by atoms with Gasteiger partial charge in [0.25, 0.3) is 0 Å². The Morgan fingerprint density at radius 3 is 2.33 bits per heavy atom. The lowest BCUT2D eigenvalue weighted by atomic mass is 10.5. The lowest BCUT2D eigenvalue weighted by Crippen LogP contribution is -1.95. The molecule has 0 aliphatic rings. The quantitative estimate of drug-likeness (QED) is 0.431. The lowest BCUT2D eigenvalue weighted by Gasteiger charge is -1.99. The standard InChI is InChI=1S/C6H10ClNO/c1-4-5(9-3)6(7)8-2/h4H,1-3H3/b5-4+,8-6?. The summed E-state index contributed by atoms with van der Waals surface area (Å²) >= 11 is 5.59. The molecular formula is C6H10ClNO. The van der Waals surface area contributed by atoms with E-state index in [1.54, 1.807) is 20.2 Å². The second kappa shape index (κ2) is 4.39. The second-order valence-electron chi connectivity index (χ2n) is 1.37. The zero-order chi connectivity index (χ0) is 7.28. The summed E-state index contributed by atoms with van der Waals surface area (Å²) in [6.45, 7) is 1.84. The van der Waals surface area contributed by atoms with Crippen molar-refractivity contribution in [3.63, 3.8) is 0 Å². The molecule has 0 saturated carbocycles. The maximum Gasteiger partial charge on any atom is 0.165 e. The molecule has 0 aliphatic heterocycles. The minimum atomic E-state index is 0.403. The van der Waals surface area contributed by atoms with Gasteiger partial charge in [0.1, 0.15) is 0 Å². The molecule has 0 heterocycles. The van der Waals surface area contributed by atoms with Crippen molar-refractivity contribution in [3.05, 3.63) is 11.8 Å². The second-order valence-corrected chi connectivity index (χ2v) is 1.73. The van der Waals surface area contributed by atoms with Crippen molar-refractivity contribution in [2.45, 2.75) is 6.92 Å². The van der Waals surface area contributed by atoms with Gasteiger partial charge in [-0.05, 0) is 13.0 Å². The van der Waals surface area contributed by atoms with E-state index >= 15 is 0 Å². The van der Waals surface area contributed by atoms with E-state index in [0.29, 0.717) is 10.9 Å². The molecule has 0 rings (SSSR count). The van der Waals surface area contributed by atoms with Gasteiger partial charge in [-0.25, -0.2) is 0 Å². The number of ether oxygens (including phenoxy) is 1. The number of hydrogen-bond acceptors (Lipinski definition) is 2. The maximum atomic E-state index is 5.59. The number of aliphatic imine (C=N–C) groups is 1. The maximum absolute atomic E-state index is 5.59. The van der Waals surface area contributed by atoms with Crippen LogP contribution in [-0.4, -0.2) is 19.3 Å². The molecule has 0 amide bonds. The summed E-state index contributed by atoms with van der Waals surface area (Å²) in [5.74, 6) is 0.610. The van der Waals surface area contributed by atoms with Crippen LogP contribution in [0, 0.1) is 0 Å². The summed E-state index contributed by atoms with van der Waals surface area (Å²) in [5.41, 5.74) is 0. The predicted octanol–water partition coefficient (Wildman–Crippen LogP) is 1.80. The molecule has 0 spiro atoms. The van der Waals surface area contributed by atoms with E-state index in [9.17, 15) is 0 Å². The monoisotopic (exact) mass is 147 g/mol. The van der Waals surface area contributed by atoms with Crippen LogP contribution < -0.4 is 0 Å². The highest BCUT2D eigenvalue weighted by Crippen LogP contribution is 2.01. The fraction of sp³-hybridized carbons (Fsp3) is 0.500. The van der Waals surface area contributed by atoms with Crippen molar-refractivity contribution >= 4 is 16.8 Å². The molecule has 0 bridgehead atoms. The van der Waals surface area contributed by atoms with Gasteiger partial charge < -0.3 is 4.74 Å². The van der Waals surface area contributed by atoms with Crippen LogP contribution in [0.2, 0.25) is 0 Å². The fourth-order valence-electron chi connectivity index (χ4n) is 0.431. The zero-order valence-electron chi connectivity index (χ0n) is 5.81. The molecule has 52 valence electrons. The number of hydrogen-bond donors (Lipinski definition) is 0. The Hall–Kier alpha value is -0.500. The molecule has 0 aliphatic carbocycles. The molecule has 0 radical (unpaired) electrons. The molecule has 0 aromatic heterocycles. The van der Waals surface area contributed by atoms with Crippen LogP contribution in [0.5, 0.6) is 0 Å². The van der Waals surface area contributed by atoms with Crippen LogP contribution in [0.15, 0.2) is 16.8 Å². The first-order chi connectivity index (χ1) is 4.26. The van der Waals surface area contributed by atoms with Crippen LogP contribution in [0.1, 0.15) is 6.92 Å². The zero-order valence-corrected chi connectivity index (χ0v) is 6.57. The Morgan fingerprint density at radius 1 is 1.67 bits per heavy atom. The van der Waals surface area contributed by atoms with Crippen LogP contribution >= 0.6 is 11.6 Å². The third-order valence-electron chi connectivity index (χ3n) is 0.882. The van der Waals surface area contributed by atoms with E-state index in [1.165, 1.54) is 0 Å². The Kier molecular flexibility index (Phi) is 4.14. The predicted molar refractivity (Wildman–Crippen MR) is 40.0 cm³/mol. The lowest BCUT2D eigenvalue weighted by molar-refractivity contribution is 0.315. The van der Waals surface area contributed by atoms with Crippen LogP contribution in [0.4, 0.5) is 0 Å². The molecule has 0 fully saturated rings. The van der Waals surface area contributed by atoms with Crippen molar-refractivity contribution < 1.29 is 4.74 Å². The highest BCUT2D eigenvalue weighted by molar-refractivity contribution is 6.69. The van der Waals surface area contributed by atoms with Gasteiger partial charge in [0.2, 0.25) is 0 Å². The van der Waals surface area contributed by atoms with E-state index in [4.69, 9.17) is 16.3 Å². The van der Waals surface area contributed by atoms with Crippen molar-refractivity contribution in [3.8, 4) is 0 Å². The minimum Gasteiger partial charge on any atom is -0.494 e. The van der Waals surface area contributed by atoms with Gasteiger partial charge in [0.05, 0.1) is 7.11 Å². The average Bonchev–Trinajstić information content (AvgIpc) is 1.90. The number of halogens is 1. The molecule has 0 unspecified atom stereocenters. The molecule has 0 saturated heterocycles. The van der Waals surface area contributed by atoms with Gasteiger partial charge in [0.15, 0.2) is 10.9 Å². The molecule has 0 aromatic carbocycles. The largest absolute Gasteiger partial charge is 0.494 e. The van der Waals surface area contributed by atoms with Gasteiger partial charge >= 0.3 is 0 Å². The summed E-state index contributed by atoms with van der Waals surface area (Å²) in [6, 6.07) is 0. The third kappa shape index (κ3) is 2.51. The highest BCUT2D eigenvalue weighted by Gasteiger charge is 1.98. The summed E-state index contributed by atoms with van der Waals surface area (Å²) in [5, 5.41) is 0.403. The summed E-state index contributed by atoms with van der Waals surface area (Å²) in [7, 11) is 3.17. The van der Waals surface area contributed by atoms with E-state index in [1.807, 2.05) is 6.92 Å². The molecule has 0 N–H and O–H groups in total. The van der Waals surface area contributed by atoms with Crippen LogP contribution in [-0.2, 0) is 4.74 Å². The Morgan fingerprint density at radius 2 is 2.22 bits per heavy atom. The first-order valence-corrected chi connectivity index (χ1v) is 2.97. The smallest absolute Gasteiger partial charge is 0.165 e. The van der Waals surface area contributed by atoms with Gasteiger partial charge in [-0.1, -0.05) is 11.6 Å². The number of rotatable bonds is 2. The topological polar surface area (TPSA) is 21.6 Å². The first-order valence-electron chi connectivity index (χ1n) is 2.59. The Balaban J connectivity index is 4.14. The van der Waals surface area contributed by atoms with E-state index in [0.717, 1.165) is 0 Å². The average molecular weight is 148 g/mol. The number of nitrogens with zero attached hydrogens (tertiary/aromatic N) is 1. The van der Waals surface area contributed by atoms with Gasteiger partial charge in [-0.2, -0.15) is 0 Å². The normalized spacial score (nSPS) is 13.8. The van der Waals surface area contributed by atoms with Gasteiger partial charge in [-0.15, -0.1) is 0 Å². The molecule has 0 aromatic rings. The minimum absolute atomic E-state index is 0.403. The van der Waals surface area contributed by atoms with Crippen molar-refractivity contribution in [2.75, 3.05) is 14.2 Å². The SMILES string of the molecule is C/C=C(/OC)C(Cl)=NC. The summed E-state index contributed by atoms with van der Waals surface area (Å²) < 4.78 is 4.85. The molecule has 0 atom stereocenters. The fourth-order valence-corrected chi connectivity index (χ4v) is 0.618. The molecule has 2 nitrogen and oxygen atoms in total. The van der Waals surface area contributed by atoms with E-state index < -0.39 is 0 Å². The van der Waals surface area contributed by atoms with Crippen molar-refractivity contribution in [1.82, 2.24) is 0 Å². The van der Waals surface area contributed by atoms with Gasteiger partial charge in [-0.3, -0.25) is 4.99 Å². The van der Waals surface area contributed by atoms with E-state index in [-0.39, 0.29) is 0 Å². The van der Waals surface area contributed by atoms with Crippen LogP contribution in [0.3, 0.4) is 0 Å². The molecule has 9 heavy (non-hydrogen) atoms. The van der Waals surface area contributed by atoms with E-state index in [2.05, 4.69) is 4.99 Å². The van der Waals surface area contributed by atoms with Crippen molar-refractivity contribution in [2.24, 2.45) is 4.99 Å². The number of allylic oxidation sites excluding steroid dienone is 2. The Bertz CT molecular complexity index is 140. The Labute approximate surface area is 60.2 Å². The van der Waals surface area contributed by atoms with Crippen LogP contribution in [0.25, 0.3) is 0 Å². The third-order valence-corrected chi connectivity index (χ3v) is 1.24. The molecule has 3 heteroatoms. The first kappa shape index (κ1) is 8.50. The van der Waals surface area contributed by atoms with Crippen molar-refractivity contribution in [1.29, 1.82) is 0 Å². The highest BCUT2D eigenvalue weighted by atomic mass is 35.5. The summed E-state index contributed by atoms with van der Waals surface area (Å²) in [6.07, 6.45) is 1.76.